The second kappa shape index (κ2) is 14.4. The molecule has 1 N–H and O–H groups in total. The predicted molar refractivity (Wildman–Crippen MR) is 221 cm³/mol. The van der Waals surface area contributed by atoms with Gasteiger partial charge in [0.2, 0.25) is 0 Å². The minimum atomic E-state index is -0.858. The number of nitrogens with zero attached hydrogens (tertiary/aromatic N) is 7. The van der Waals surface area contributed by atoms with E-state index in [1.807, 2.05) is 42.8 Å². The van der Waals surface area contributed by atoms with Crippen LogP contribution in [0.4, 0.5) is 0 Å². The molecule has 2 unspecified atom stereocenters. The molecule has 9 rings (SSSR count). The molecule has 0 aliphatic heterocycles. The second-order valence-corrected chi connectivity index (χ2v) is 15.2. The van der Waals surface area contributed by atoms with Crippen LogP contribution in [0, 0.1) is 12.8 Å². The van der Waals surface area contributed by atoms with Crippen LogP contribution >= 0.6 is 0 Å². The number of aryl methyl sites for hydroxylation is 3. The normalized spacial score (nSPS) is 14.7. The monoisotopic (exact) mass is 735 g/mol. The molecular weight excluding hydrogens is 691 g/mol. The van der Waals surface area contributed by atoms with Crippen LogP contribution in [0.5, 0.6) is 0 Å². The van der Waals surface area contributed by atoms with Gasteiger partial charge >= 0.3 is 0 Å². The van der Waals surface area contributed by atoms with Gasteiger partial charge in [-0.05, 0) is 86.7 Å². The molecule has 1 aliphatic rings. The minimum Gasteiger partial charge on any atom is -0.387 e. The highest BCUT2D eigenvalue weighted by Gasteiger charge is 2.42. The van der Waals surface area contributed by atoms with Gasteiger partial charge in [-0.1, -0.05) is 154 Å². The summed E-state index contributed by atoms with van der Waals surface area (Å²) >= 11 is 0. The van der Waals surface area contributed by atoms with Gasteiger partial charge in [-0.15, -0.1) is 5.10 Å². The Labute approximate surface area is 327 Å². The van der Waals surface area contributed by atoms with Crippen LogP contribution in [-0.4, -0.2) is 39.8 Å². The maximum atomic E-state index is 11.0. The molecular formula is C48H45N7O. The average Bonchev–Trinajstić information content (AvgIpc) is 3.99. The van der Waals surface area contributed by atoms with E-state index >= 15 is 0 Å². The summed E-state index contributed by atoms with van der Waals surface area (Å²) in [5.41, 5.74) is 11.6. The number of benzene rings is 5. The smallest absolute Gasteiger partial charge is 0.184 e. The molecule has 8 nitrogen and oxygen atoms in total. The van der Waals surface area contributed by atoms with E-state index in [4.69, 9.17) is 20.3 Å². The maximum Gasteiger partial charge on any atom is 0.184 e. The fourth-order valence-electron chi connectivity index (χ4n) is 8.80. The highest BCUT2D eigenvalue weighted by atomic mass is 16.3. The SMILES string of the molecule is CCc1nc2c(C)cc(C(O)C(C)C)nc2n1C1CCc2cc(-c3ccccc3-c3nnnn3C(c3ccccc3)(c3ccccc3)c3ccccc3)ccc21. The molecule has 0 amide bonds. The van der Waals surface area contributed by atoms with Gasteiger partial charge in [0.1, 0.15) is 16.9 Å². The summed E-state index contributed by atoms with van der Waals surface area (Å²) < 4.78 is 4.34. The lowest BCUT2D eigenvalue weighted by molar-refractivity contribution is 0.122. The molecule has 3 heterocycles. The third-order valence-electron chi connectivity index (χ3n) is 11.5. The maximum absolute atomic E-state index is 11.0. The van der Waals surface area contributed by atoms with Crippen molar-refractivity contribution in [1.82, 2.24) is 34.7 Å². The summed E-state index contributed by atoms with van der Waals surface area (Å²) in [5, 5.41) is 25.0. The molecule has 0 saturated heterocycles. The number of rotatable bonds is 10. The summed E-state index contributed by atoms with van der Waals surface area (Å²) in [6.07, 6.45) is 2.04. The van der Waals surface area contributed by atoms with E-state index in [1.54, 1.807) is 0 Å². The van der Waals surface area contributed by atoms with Crippen LogP contribution < -0.4 is 0 Å². The van der Waals surface area contributed by atoms with Gasteiger partial charge in [0.25, 0.3) is 0 Å². The van der Waals surface area contributed by atoms with Crippen molar-refractivity contribution in [3.8, 4) is 22.5 Å². The molecule has 56 heavy (non-hydrogen) atoms. The van der Waals surface area contributed by atoms with Gasteiger partial charge in [-0.25, -0.2) is 14.6 Å². The van der Waals surface area contributed by atoms with Crippen LogP contribution in [-0.2, 0) is 18.4 Å². The highest BCUT2D eigenvalue weighted by Crippen LogP contribution is 2.45. The summed E-state index contributed by atoms with van der Waals surface area (Å²) in [6, 6.07) is 49.0. The van der Waals surface area contributed by atoms with Gasteiger partial charge in [-0.3, -0.25) is 0 Å². The van der Waals surface area contributed by atoms with Crippen molar-refractivity contribution < 1.29 is 5.11 Å². The molecule has 0 radical (unpaired) electrons. The molecule has 0 fully saturated rings. The molecule has 3 aromatic heterocycles. The van der Waals surface area contributed by atoms with Crippen LogP contribution in [0.2, 0.25) is 0 Å². The Bertz CT molecular complexity index is 2550. The summed E-state index contributed by atoms with van der Waals surface area (Å²) in [5.74, 6) is 1.75. The second-order valence-electron chi connectivity index (χ2n) is 15.2. The third kappa shape index (κ3) is 5.75. The number of hydrogen-bond acceptors (Lipinski definition) is 6. The Kier molecular flexibility index (Phi) is 9.14. The molecule has 2 atom stereocenters. The van der Waals surface area contributed by atoms with Gasteiger partial charge < -0.3 is 9.67 Å². The van der Waals surface area contributed by atoms with Gasteiger partial charge in [0.05, 0.1) is 17.8 Å². The fourth-order valence-corrected chi connectivity index (χ4v) is 8.80. The Balaban J connectivity index is 1.17. The van der Waals surface area contributed by atoms with Crippen molar-refractivity contribution in [3.63, 3.8) is 0 Å². The van der Waals surface area contributed by atoms with Gasteiger partial charge in [0, 0.05) is 12.0 Å². The summed E-state index contributed by atoms with van der Waals surface area (Å²) in [4.78, 5) is 10.2. The Hall–Kier alpha value is -6.25. The van der Waals surface area contributed by atoms with Crippen LogP contribution in [0.15, 0.2) is 140 Å². The first kappa shape index (κ1) is 35.5. The zero-order valence-corrected chi connectivity index (χ0v) is 32.2. The molecule has 8 aromatic rings. The Morgan fingerprint density at radius 1 is 0.750 bits per heavy atom. The number of aromatic nitrogens is 7. The van der Waals surface area contributed by atoms with Crippen LogP contribution in [0.3, 0.4) is 0 Å². The van der Waals surface area contributed by atoms with Crippen LogP contribution in [0.25, 0.3) is 33.7 Å². The van der Waals surface area contributed by atoms with Crippen molar-refractivity contribution in [2.45, 2.75) is 64.6 Å². The first-order valence-electron chi connectivity index (χ1n) is 19.6. The van der Waals surface area contributed by atoms with E-state index in [9.17, 15) is 5.11 Å². The number of fused-ring (bicyclic) bond motifs is 2. The average molecular weight is 736 g/mol. The quantitative estimate of drug-likeness (QED) is 0.141. The van der Waals surface area contributed by atoms with E-state index < -0.39 is 11.6 Å². The van der Waals surface area contributed by atoms with E-state index in [2.05, 4.69) is 139 Å². The Morgan fingerprint density at radius 2 is 1.36 bits per heavy atom. The van der Waals surface area contributed by atoms with Gasteiger partial charge in [-0.2, -0.15) is 0 Å². The summed E-state index contributed by atoms with van der Waals surface area (Å²) in [6.45, 7) is 8.28. The zero-order chi connectivity index (χ0) is 38.4. The van der Waals surface area contributed by atoms with E-state index in [1.165, 1.54) is 11.1 Å². The first-order chi connectivity index (χ1) is 27.4. The number of aliphatic hydroxyl groups excluding tert-OH is 1. The van der Waals surface area contributed by atoms with Crippen LogP contribution in [0.1, 0.15) is 84.2 Å². The molecule has 278 valence electrons. The molecule has 0 saturated carbocycles. The fraction of sp³-hybridized carbons (Fsp3) is 0.229. The van der Waals surface area contributed by atoms with Gasteiger partial charge in [0.15, 0.2) is 11.5 Å². The standard InChI is InChI=1S/C48H45N7O/c1-5-43-50-44-32(4)29-41(45(56)31(2)3)49-47(44)54(43)42-28-26-34-30-33(25-27-39(34)42)38-23-15-16-24-40(38)46-51-52-53-55(46)48(35-17-9-6-10-18-35,36-19-11-7-12-20-36)37-21-13-8-14-22-37/h6-25,27,29-31,42,45,56H,5,26,28H2,1-4H3. The zero-order valence-electron chi connectivity index (χ0n) is 32.2. The number of imidazole rings is 1. The van der Waals surface area contributed by atoms with Crippen molar-refractivity contribution in [1.29, 1.82) is 0 Å². The largest absolute Gasteiger partial charge is 0.387 e. The predicted octanol–water partition coefficient (Wildman–Crippen LogP) is 9.69. The number of hydrogen-bond donors (Lipinski definition) is 1. The molecule has 0 spiro atoms. The molecule has 0 bridgehead atoms. The highest BCUT2D eigenvalue weighted by molar-refractivity contribution is 5.82. The van der Waals surface area contributed by atoms with Crippen molar-refractivity contribution in [2.24, 2.45) is 5.92 Å². The third-order valence-corrected chi connectivity index (χ3v) is 11.5. The van der Waals surface area contributed by atoms with E-state index in [-0.39, 0.29) is 12.0 Å². The van der Waals surface area contributed by atoms with E-state index in [0.717, 1.165) is 75.2 Å². The minimum absolute atomic E-state index is 0.0610. The van der Waals surface area contributed by atoms with E-state index in [0.29, 0.717) is 11.5 Å². The lowest BCUT2D eigenvalue weighted by atomic mass is 9.77. The lowest BCUT2D eigenvalue weighted by Crippen LogP contribution is -2.39. The van der Waals surface area contributed by atoms with Crippen molar-refractivity contribution >= 4 is 11.2 Å². The lowest BCUT2D eigenvalue weighted by Gasteiger charge is -2.36. The molecule has 8 heteroatoms. The Morgan fingerprint density at radius 3 is 1.96 bits per heavy atom. The van der Waals surface area contributed by atoms with Crippen molar-refractivity contribution in [2.75, 3.05) is 0 Å². The number of aliphatic hydroxyl groups is 1. The molecule has 1 aliphatic carbocycles. The summed E-state index contributed by atoms with van der Waals surface area (Å²) in [7, 11) is 0. The number of pyridine rings is 1. The van der Waals surface area contributed by atoms with Crippen molar-refractivity contribution in [3.05, 3.63) is 184 Å². The number of tetrazole rings is 1. The first-order valence-corrected chi connectivity index (χ1v) is 19.6. The molecule has 5 aromatic carbocycles. The topological polar surface area (TPSA) is 94.5 Å².